The summed E-state index contributed by atoms with van der Waals surface area (Å²) in [4.78, 5) is 0. The Kier molecular flexibility index (Phi) is 4.33. The van der Waals surface area contributed by atoms with Gasteiger partial charge in [-0.15, -0.1) is 0 Å². The Morgan fingerprint density at radius 1 is 0.700 bits per heavy atom. The molecule has 0 bridgehead atoms. The van der Waals surface area contributed by atoms with Crippen molar-refractivity contribution >= 4 is 18.5 Å². The minimum absolute atomic E-state index is 0.329. The van der Waals surface area contributed by atoms with Crippen molar-refractivity contribution < 1.29 is 0 Å². The van der Waals surface area contributed by atoms with E-state index in [9.17, 15) is 0 Å². The minimum Gasteiger partial charge on any atom is -0.0690 e. The van der Waals surface area contributed by atoms with Crippen LogP contribution in [0.1, 0.15) is 32.6 Å². The molecular formula is C19H21P. The average molecular weight is 280 g/mol. The van der Waals surface area contributed by atoms with E-state index in [4.69, 9.17) is 0 Å². The number of rotatable bonds is 3. The van der Waals surface area contributed by atoms with Gasteiger partial charge in [0.25, 0.3) is 0 Å². The molecule has 0 saturated carbocycles. The highest BCUT2D eigenvalue weighted by atomic mass is 31.1. The fraction of sp³-hybridized carbons (Fsp3) is 0.263. The lowest BCUT2D eigenvalue weighted by molar-refractivity contribution is 0.693. The molecule has 0 saturated heterocycles. The summed E-state index contributed by atoms with van der Waals surface area (Å²) in [6.45, 7) is 2.34. The van der Waals surface area contributed by atoms with Gasteiger partial charge in [-0.2, -0.15) is 0 Å². The van der Waals surface area contributed by atoms with E-state index in [-0.39, 0.29) is 7.92 Å². The van der Waals surface area contributed by atoms with Gasteiger partial charge in [0.1, 0.15) is 0 Å². The normalized spacial score (nSPS) is 15.7. The molecule has 0 atom stereocenters. The largest absolute Gasteiger partial charge is 0.0690 e. The first-order valence-corrected chi connectivity index (χ1v) is 8.79. The number of allylic oxidation sites excluding steroid dienone is 2. The highest BCUT2D eigenvalue weighted by Gasteiger charge is 2.22. The van der Waals surface area contributed by atoms with E-state index >= 15 is 0 Å². The second-order valence-corrected chi connectivity index (χ2v) is 7.68. The maximum absolute atomic E-state index is 2.34. The van der Waals surface area contributed by atoms with Crippen LogP contribution in [0, 0.1) is 0 Å². The molecule has 0 radical (unpaired) electrons. The summed E-state index contributed by atoms with van der Waals surface area (Å²) in [6, 6.07) is 22.1. The molecule has 0 unspecified atom stereocenters. The summed E-state index contributed by atoms with van der Waals surface area (Å²) >= 11 is 0. The topological polar surface area (TPSA) is 0 Å². The molecule has 0 amide bonds. The van der Waals surface area contributed by atoms with E-state index in [0.717, 1.165) is 0 Å². The van der Waals surface area contributed by atoms with Crippen molar-refractivity contribution in [3.05, 3.63) is 71.6 Å². The summed E-state index contributed by atoms with van der Waals surface area (Å²) in [6.07, 6.45) is 5.28. The molecule has 2 aromatic carbocycles. The van der Waals surface area contributed by atoms with Gasteiger partial charge in [-0.25, -0.2) is 0 Å². The molecule has 0 fully saturated rings. The minimum atomic E-state index is -0.329. The van der Waals surface area contributed by atoms with E-state index in [0.29, 0.717) is 0 Å². The first kappa shape index (κ1) is 13.6. The van der Waals surface area contributed by atoms with E-state index < -0.39 is 0 Å². The first-order valence-electron chi connectivity index (χ1n) is 7.45. The highest BCUT2D eigenvalue weighted by Crippen LogP contribution is 2.49. The summed E-state index contributed by atoms with van der Waals surface area (Å²) in [5.74, 6) is 0. The average Bonchev–Trinajstić information content (AvgIpc) is 2.52. The predicted octanol–water partition coefficient (Wildman–Crippen LogP) is 4.97. The molecular weight excluding hydrogens is 259 g/mol. The van der Waals surface area contributed by atoms with Crippen molar-refractivity contribution in [3.8, 4) is 0 Å². The lowest BCUT2D eigenvalue weighted by atomic mass is 10.0. The third kappa shape index (κ3) is 2.86. The fourth-order valence-electron chi connectivity index (χ4n) is 2.96. The molecule has 20 heavy (non-hydrogen) atoms. The maximum Gasteiger partial charge on any atom is -0.0154 e. The van der Waals surface area contributed by atoms with Gasteiger partial charge in [0.05, 0.1) is 0 Å². The number of hydrogen-bond acceptors (Lipinski definition) is 0. The zero-order valence-electron chi connectivity index (χ0n) is 12.0. The lowest BCUT2D eigenvalue weighted by Crippen LogP contribution is -2.15. The maximum atomic E-state index is 2.34. The number of benzene rings is 2. The van der Waals surface area contributed by atoms with Gasteiger partial charge in [0.2, 0.25) is 0 Å². The Hall–Kier alpha value is -1.39. The first-order chi connectivity index (χ1) is 9.86. The van der Waals surface area contributed by atoms with Crippen LogP contribution in [0.2, 0.25) is 0 Å². The molecule has 2 aromatic rings. The Morgan fingerprint density at radius 2 is 1.20 bits per heavy atom. The van der Waals surface area contributed by atoms with Gasteiger partial charge in [0, 0.05) is 0 Å². The van der Waals surface area contributed by atoms with Crippen LogP contribution in [-0.4, -0.2) is 0 Å². The van der Waals surface area contributed by atoms with Crippen molar-refractivity contribution in [2.45, 2.75) is 32.6 Å². The Bertz CT molecular complexity index is 544. The zero-order valence-corrected chi connectivity index (χ0v) is 12.9. The highest BCUT2D eigenvalue weighted by molar-refractivity contribution is 7.76. The van der Waals surface area contributed by atoms with E-state index in [1.807, 2.05) is 0 Å². The molecule has 3 rings (SSSR count). The van der Waals surface area contributed by atoms with Crippen molar-refractivity contribution in [3.63, 3.8) is 0 Å². The summed E-state index contributed by atoms with van der Waals surface area (Å²) < 4.78 is 0. The summed E-state index contributed by atoms with van der Waals surface area (Å²) in [7, 11) is -0.329. The van der Waals surface area contributed by atoms with Crippen molar-refractivity contribution in [2.75, 3.05) is 0 Å². The quantitative estimate of drug-likeness (QED) is 0.696. The third-order valence-electron chi connectivity index (χ3n) is 4.01. The SMILES string of the molecule is CC1=C(P(c2ccccc2)c2ccccc2)CCCC1. The monoisotopic (exact) mass is 280 g/mol. The van der Waals surface area contributed by atoms with Crippen LogP contribution in [0.4, 0.5) is 0 Å². The zero-order chi connectivity index (χ0) is 13.8. The fourth-order valence-corrected chi connectivity index (χ4v) is 5.70. The van der Waals surface area contributed by atoms with Gasteiger partial charge >= 0.3 is 0 Å². The number of hydrogen-bond donors (Lipinski definition) is 0. The Labute approximate surface area is 123 Å². The molecule has 1 aliphatic carbocycles. The van der Waals surface area contributed by atoms with E-state index in [2.05, 4.69) is 67.6 Å². The summed E-state index contributed by atoms with van der Waals surface area (Å²) in [5, 5.41) is 4.69. The van der Waals surface area contributed by atoms with Crippen molar-refractivity contribution in [1.82, 2.24) is 0 Å². The lowest BCUT2D eigenvalue weighted by Gasteiger charge is -2.27. The van der Waals surface area contributed by atoms with Crippen LogP contribution in [0.15, 0.2) is 71.6 Å². The van der Waals surface area contributed by atoms with E-state index in [1.165, 1.54) is 36.3 Å². The van der Waals surface area contributed by atoms with Crippen LogP contribution < -0.4 is 10.6 Å². The smallest absolute Gasteiger partial charge is 0.0154 e. The molecule has 0 nitrogen and oxygen atoms in total. The van der Waals surface area contributed by atoms with Crippen LogP contribution in [0.5, 0.6) is 0 Å². The predicted molar refractivity (Wildman–Crippen MR) is 90.2 cm³/mol. The summed E-state index contributed by atoms with van der Waals surface area (Å²) in [5.41, 5.74) is 1.63. The van der Waals surface area contributed by atoms with Crippen LogP contribution in [0.3, 0.4) is 0 Å². The third-order valence-corrected chi connectivity index (χ3v) is 6.78. The molecule has 0 aromatic heterocycles. The van der Waals surface area contributed by atoms with Crippen molar-refractivity contribution in [2.24, 2.45) is 0 Å². The molecule has 0 aliphatic heterocycles. The molecule has 0 N–H and O–H groups in total. The second-order valence-electron chi connectivity index (χ2n) is 5.44. The molecule has 1 heteroatoms. The molecule has 0 spiro atoms. The van der Waals surface area contributed by atoms with Crippen LogP contribution in [0.25, 0.3) is 0 Å². The Balaban J connectivity index is 2.09. The van der Waals surface area contributed by atoms with Crippen LogP contribution >= 0.6 is 7.92 Å². The molecule has 0 heterocycles. The second kappa shape index (κ2) is 6.37. The van der Waals surface area contributed by atoms with Crippen molar-refractivity contribution in [1.29, 1.82) is 0 Å². The standard InChI is InChI=1S/C19H21P/c1-16-10-8-9-15-19(16)20(17-11-4-2-5-12-17)18-13-6-3-7-14-18/h2-7,11-14H,8-10,15H2,1H3. The van der Waals surface area contributed by atoms with E-state index in [1.54, 1.807) is 10.9 Å². The van der Waals surface area contributed by atoms with Gasteiger partial charge in [0.15, 0.2) is 0 Å². The van der Waals surface area contributed by atoms with Gasteiger partial charge in [-0.3, -0.25) is 0 Å². The van der Waals surface area contributed by atoms with Gasteiger partial charge < -0.3 is 0 Å². The van der Waals surface area contributed by atoms with Crippen LogP contribution in [-0.2, 0) is 0 Å². The Morgan fingerprint density at radius 3 is 1.70 bits per heavy atom. The van der Waals surface area contributed by atoms with Gasteiger partial charge in [-0.05, 0) is 56.5 Å². The van der Waals surface area contributed by atoms with Gasteiger partial charge in [-0.1, -0.05) is 66.2 Å². The molecule has 1 aliphatic rings. The molecule has 102 valence electrons.